The number of aromatic nitrogens is 2. The van der Waals surface area contributed by atoms with Crippen molar-refractivity contribution < 1.29 is 33.3 Å². The highest BCUT2D eigenvalue weighted by molar-refractivity contribution is 9.11. The maximum absolute atomic E-state index is 12.1. The van der Waals surface area contributed by atoms with Gasteiger partial charge in [-0.2, -0.15) is 0 Å². The zero-order valence-corrected chi connectivity index (χ0v) is 16.0. The molecule has 0 saturated carbocycles. The number of hydrogen-bond donors (Lipinski definition) is 1. The van der Waals surface area contributed by atoms with Crippen LogP contribution >= 0.6 is 15.9 Å². The Kier molecular flexibility index (Phi) is 7.19. The molecular formula is C15H17BrN2O9. The summed E-state index contributed by atoms with van der Waals surface area (Å²) >= 11 is 3.06. The highest BCUT2D eigenvalue weighted by atomic mass is 79.9. The van der Waals surface area contributed by atoms with Gasteiger partial charge in [-0.25, -0.2) is 14.4 Å². The fourth-order valence-corrected chi connectivity index (χ4v) is 2.71. The van der Waals surface area contributed by atoms with Gasteiger partial charge in [0.15, 0.2) is 0 Å². The van der Waals surface area contributed by atoms with Crippen LogP contribution in [-0.2, 0) is 23.7 Å². The maximum Gasteiger partial charge on any atom is 0.508 e. The van der Waals surface area contributed by atoms with Crippen molar-refractivity contribution in [3.8, 4) is 0 Å². The minimum atomic E-state index is -0.955. The number of carbonyl (C=O) groups is 2. The second-order valence-electron chi connectivity index (χ2n) is 5.28. The summed E-state index contributed by atoms with van der Waals surface area (Å²) in [6.45, 7) is -0.281. The molecule has 1 aromatic heterocycles. The molecule has 1 N–H and O–H groups in total. The van der Waals surface area contributed by atoms with Crippen LogP contribution in [0.4, 0.5) is 9.59 Å². The van der Waals surface area contributed by atoms with Crippen molar-refractivity contribution >= 4 is 34.3 Å². The molecule has 1 aliphatic heterocycles. The molecule has 12 heteroatoms. The molecular weight excluding hydrogens is 432 g/mol. The van der Waals surface area contributed by atoms with Gasteiger partial charge >= 0.3 is 18.0 Å². The lowest BCUT2D eigenvalue weighted by atomic mass is 10.2. The van der Waals surface area contributed by atoms with Crippen LogP contribution in [-0.4, -0.2) is 54.9 Å². The molecule has 0 unspecified atom stereocenters. The number of methoxy groups -OCH3 is 2. The van der Waals surface area contributed by atoms with Crippen molar-refractivity contribution in [3.63, 3.8) is 0 Å². The lowest BCUT2D eigenvalue weighted by molar-refractivity contribution is -0.0644. The van der Waals surface area contributed by atoms with Gasteiger partial charge in [0.1, 0.15) is 25.0 Å². The van der Waals surface area contributed by atoms with Crippen LogP contribution in [0.2, 0.25) is 0 Å². The first kappa shape index (κ1) is 20.7. The summed E-state index contributed by atoms with van der Waals surface area (Å²) in [5, 5.41) is 0. The van der Waals surface area contributed by atoms with Gasteiger partial charge in [-0.15, -0.1) is 0 Å². The van der Waals surface area contributed by atoms with Crippen molar-refractivity contribution in [3.05, 3.63) is 37.6 Å². The van der Waals surface area contributed by atoms with E-state index in [0.717, 1.165) is 18.8 Å². The lowest BCUT2D eigenvalue weighted by Gasteiger charge is -2.17. The summed E-state index contributed by atoms with van der Waals surface area (Å²) in [4.78, 5) is 50.2. The maximum atomic E-state index is 12.1. The number of nitrogens with one attached hydrogen (secondary N) is 1. The van der Waals surface area contributed by atoms with E-state index in [1.807, 2.05) is 0 Å². The third-order valence-electron chi connectivity index (χ3n) is 3.68. The van der Waals surface area contributed by atoms with Crippen LogP contribution in [0.1, 0.15) is 18.2 Å². The smallest absolute Gasteiger partial charge is 0.438 e. The van der Waals surface area contributed by atoms with Crippen LogP contribution in [0, 0.1) is 0 Å². The molecule has 0 radical (unpaired) electrons. The molecule has 0 aromatic carbocycles. The Morgan fingerprint density at radius 1 is 1.33 bits per heavy atom. The number of aromatic amines is 1. The Hall–Kier alpha value is -2.60. The van der Waals surface area contributed by atoms with Gasteiger partial charge in [0.2, 0.25) is 0 Å². The zero-order chi connectivity index (χ0) is 20.0. The first-order valence-electron chi connectivity index (χ1n) is 7.62. The quantitative estimate of drug-likeness (QED) is 0.656. The fourth-order valence-electron chi connectivity index (χ4n) is 2.43. The fraction of sp³-hybridized carbons (Fsp3) is 0.467. The zero-order valence-electron chi connectivity index (χ0n) is 14.4. The summed E-state index contributed by atoms with van der Waals surface area (Å²) in [7, 11) is 2.28. The molecule has 1 aliphatic rings. The molecule has 0 aliphatic carbocycles. The van der Waals surface area contributed by atoms with Crippen LogP contribution < -0.4 is 11.2 Å². The summed E-state index contributed by atoms with van der Waals surface area (Å²) in [6.07, 6.45) is -1.69. The molecule has 1 aromatic rings. The SMILES string of the molecule is COC(=O)OC[C@H]1O[C@@H](n2cc(/C=C/Br)c(=O)[nH]c2=O)C[C@@H]1OC(=O)OC. The van der Waals surface area contributed by atoms with Crippen molar-refractivity contribution in [2.24, 2.45) is 0 Å². The van der Waals surface area contributed by atoms with E-state index in [1.165, 1.54) is 17.3 Å². The second-order valence-corrected chi connectivity index (χ2v) is 5.81. The largest absolute Gasteiger partial charge is 0.508 e. The van der Waals surface area contributed by atoms with E-state index in [9.17, 15) is 19.2 Å². The minimum Gasteiger partial charge on any atom is -0.438 e. The monoisotopic (exact) mass is 448 g/mol. The van der Waals surface area contributed by atoms with Crippen LogP contribution in [0.3, 0.4) is 0 Å². The minimum absolute atomic E-state index is 0.0632. The molecule has 148 valence electrons. The average molecular weight is 449 g/mol. The van der Waals surface area contributed by atoms with Gasteiger partial charge in [0.05, 0.1) is 19.8 Å². The van der Waals surface area contributed by atoms with E-state index >= 15 is 0 Å². The Morgan fingerprint density at radius 3 is 2.67 bits per heavy atom. The van der Waals surface area contributed by atoms with Gasteiger partial charge in [0, 0.05) is 12.6 Å². The molecule has 1 fully saturated rings. The van der Waals surface area contributed by atoms with E-state index in [-0.39, 0.29) is 18.6 Å². The summed E-state index contributed by atoms with van der Waals surface area (Å²) in [6, 6.07) is 0. The highest BCUT2D eigenvalue weighted by Crippen LogP contribution is 2.30. The highest BCUT2D eigenvalue weighted by Gasteiger charge is 2.40. The standard InChI is InChI=1S/C15H17BrN2O9/c1-23-14(21)25-7-10-9(27-15(22)24-2)5-11(26-10)18-6-8(3-4-16)12(19)17-13(18)20/h3-4,6,9-11H,5,7H2,1-2H3,(H,17,19,20)/b4-3+/t9-,10+,11+/m0/s1. The number of H-pyrrole nitrogens is 1. The van der Waals surface area contributed by atoms with E-state index in [2.05, 4.69) is 30.4 Å². The molecule has 0 bridgehead atoms. The lowest BCUT2D eigenvalue weighted by Crippen LogP contribution is -2.33. The topological polar surface area (TPSA) is 135 Å². The van der Waals surface area contributed by atoms with Gasteiger partial charge in [-0.3, -0.25) is 14.3 Å². The number of carbonyl (C=O) groups excluding carboxylic acids is 2. The number of ether oxygens (including phenoxy) is 5. The number of hydrogen-bond acceptors (Lipinski definition) is 9. The van der Waals surface area contributed by atoms with Gasteiger partial charge in [-0.05, 0) is 11.1 Å². The predicted molar refractivity (Wildman–Crippen MR) is 93.4 cm³/mol. The Balaban J connectivity index is 2.26. The second kappa shape index (κ2) is 9.37. The Labute approximate surface area is 160 Å². The summed E-state index contributed by atoms with van der Waals surface area (Å²) in [5.74, 6) is 0. The first-order valence-corrected chi connectivity index (χ1v) is 8.54. The molecule has 27 heavy (non-hydrogen) atoms. The van der Waals surface area contributed by atoms with E-state index in [0.29, 0.717) is 0 Å². The van der Waals surface area contributed by atoms with E-state index in [1.54, 1.807) is 0 Å². The normalized spacial score (nSPS) is 21.8. The third kappa shape index (κ3) is 5.20. The van der Waals surface area contributed by atoms with Crippen molar-refractivity contribution in [1.82, 2.24) is 9.55 Å². The number of rotatable bonds is 5. The van der Waals surface area contributed by atoms with Gasteiger partial charge in [0.25, 0.3) is 5.56 Å². The van der Waals surface area contributed by atoms with Gasteiger partial charge < -0.3 is 23.7 Å². The molecule has 1 saturated heterocycles. The molecule has 2 heterocycles. The van der Waals surface area contributed by atoms with Crippen molar-refractivity contribution in [2.45, 2.75) is 24.9 Å². The number of halogens is 1. The summed E-state index contributed by atoms with van der Waals surface area (Å²) in [5.41, 5.74) is -1.07. The van der Waals surface area contributed by atoms with Crippen molar-refractivity contribution in [2.75, 3.05) is 20.8 Å². The van der Waals surface area contributed by atoms with E-state index in [4.69, 9.17) is 14.2 Å². The Morgan fingerprint density at radius 2 is 2.04 bits per heavy atom. The number of nitrogens with zero attached hydrogens (tertiary/aromatic N) is 1. The third-order valence-corrected chi connectivity index (χ3v) is 3.94. The van der Waals surface area contributed by atoms with Gasteiger partial charge in [-0.1, -0.05) is 15.9 Å². The Bertz CT molecular complexity index is 831. The molecule has 0 spiro atoms. The molecule has 0 amide bonds. The first-order chi connectivity index (χ1) is 12.9. The van der Waals surface area contributed by atoms with Crippen molar-refractivity contribution in [1.29, 1.82) is 0 Å². The predicted octanol–water partition coefficient (Wildman–Crippen LogP) is 1.12. The van der Waals surface area contributed by atoms with E-state index < -0.39 is 42.0 Å². The molecule has 11 nitrogen and oxygen atoms in total. The molecule has 3 atom stereocenters. The average Bonchev–Trinajstić information content (AvgIpc) is 3.04. The van der Waals surface area contributed by atoms with Crippen LogP contribution in [0.15, 0.2) is 20.8 Å². The summed E-state index contributed by atoms with van der Waals surface area (Å²) < 4.78 is 25.6. The molecule has 2 rings (SSSR count). The van der Waals surface area contributed by atoms with Crippen LogP contribution in [0.5, 0.6) is 0 Å². The van der Waals surface area contributed by atoms with Crippen LogP contribution in [0.25, 0.3) is 6.08 Å².